The smallest absolute Gasteiger partial charge is 0.158 e. The quantitative estimate of drug-likeness (QED) is 0.0891. The standard InChI is InChI=1S/C50H93N3O3/c1-42(2,3)39(54)48(19,51-45(10,11)12)33-28-24-22-20-21-23-25-29-34-49(52-46(13,14)15,40(55)43(4,5)6)35-30-26-27-31-36-50(41(56)44(7,8)9)37-32-38-53(50)47(16,17)18/h21,23,27,31,51-52H,20,22,24-26,28-30,32-38H2,1-19H3/b23-21+,31-27+/t48-,49?,50-/m0/s1. The molecule has 0 aromatic rings. The number of carbonyl (C=O) groups is 3. The van der Waals surface area contributed by atoms with Gasteiger partial charge in [0.2, 0.25) is 0 Å². The van der Waals surface area contributed by atoms with Crippen LogP contribution in [0.4, 0.5) is 0 Å². The van der Waals surface area contributed by atoms with E-state index in [9.17, 15) is 14.4 Å². The molecule has 1 rings (SSSR count). The van der Waals surface area contributed by atoms with Gasteiger partial charge in [-0.05, 0) is 153 Å². The lowest BCUT2D eigenvalue weighted by molar-refractivity contribution is -0.140. The predicted molar refractivity (Wildman–Crippen MR) is 242 cm³/mol. The molecule has 1 heterocycles. The average Bonchev–Trinajstić information content (AvgIpc) is 3.45. The van der Waals surface area contributed by atoms with Gasteiger partial charge in [0.05, 0.1) is 16.6 Å². The molecule has 0 radical (unpaired) electrons. The van der Waals surface area contributed by atoms with Crippen LogP contribution in [0.2, 0.25) is 0 Å². The van der Waals surface area contributed by atoms with Crippen molar-refractivity contribution in [2.24, 2.45) is 16.2 Å². The molecule has 0 saturated carbocycles. The number of nitrogens with one attached hydrogen (secondary N) is 2. The molecule has 56 heavy (non-hydrogen) atoms. The van der Waals surface area contributed by atoms with Crippen LogP contribution in [0.25, 0.3) is 0 Å². The Balaban J connectivity index is 2.96. The lowest BCUT2D eigenvalue weighted by Crippen LogP contribution is -2.61. The van der Waals surface area contributed by atoms with E-state index in [0.717, 1.165) is 96.4 Å². The molecule has 0 bridgehead atoms. The van der Waals surface area contributed by atoms with E-state index in [1.54, 1.807) is 0 Å². The van der Waals surface area contributed by atoms with Crippen LogP contribution >= 0.6 is 0 Å². The number of nitrogens with zero attached hydrogens (tertiary/aromatic N) is 1. The molecule has 6 nitrogen and oxygen atoms in total. The van der Waals surface area contributed by atoms with Crippen LogP contribution in [0.3, 0.4) is 0 Å². The third kappa shape index (κ3) is 16.6. The summed E-state index contributed by atoms with van der Waals surface area (Å²) in [6, 6.07) is 0. The van der Waals surface area contributed by atoms with Crippen molar-refractivity contribution in [3.05, 3.63) is 24.3 Å². The molecule has 1 saturated heterocycles. The highest BCUT2D eigenvalue weighted by atomic mass is 16.1. The van der Waals surface area contributed by atoms with Crippen molar-refractivity contribution in [2.75, 3.05) is 6.54 Å². The van der Waals surface area contributed by atoms with Gasteiger partial charge in [-0.1, -0.05) is 99.5 Å². The van der Waals surface area contributed by atoms with Crippen molar-refractivity contribution in [3.8, 4) is 0 Å². The number of hydrogen-bond donors (Lipinski definition) is 2. The highest BCUT2D eigenvalue weighted by Gasteiger charge is 2.53. The molecule has 1 aliphatic heterocycles. The minimum Gasteiger partial charge on any atom is -0.300 e. The van der Waals surface area contributed by atoms with Crippen molar-refractivity contribution in [1.29, 1.82) is 0 Å². The van der Waals surface area contributed by atoms with Gasteiger partial charge >= 0.3 is 0 Å². The molecule has 3 atom stereocenters. The summed E-state index contributed by atoms with van der Waals surface area (Å²) >= 11 is 0. The van der Waals surface area contributed by atoms with E-state index < -0.39 is 27.4 Å². The van der Waals surface area contributed by atoms with Gasteiger partial charge in [-0.25, -0.2) is 0 Å². The zero-order valence-corrected chi connectivity index (χ0v) is 40.6. The second-order valence-corrected chi connectivity index (χ2v) is 23.9. The zero-order chi connectivity index (χ0) is 43.7. The van der Waals surface area contributed by atoms with Crippen molar-refractivity contribution < 1.29 is 14.4 Å². The predicted octanol–water partition coefficient (Wildman–Crippen LogP) is 12.5. The monoisotopic (exact) mass is 784 g/mol. The number of hydrogen-bond acceptors (Lipinski definition) is 6. The second kappa shape index (κ2) is 20.1. The first-order chi connectivity index (χ1) is 25.1. The number of allylic oxidation sites excluding steroid dienone is 3. The van der Waals surface area contributed by atoms with Crippen LogP contribution < -0.4 is 10.6 Å². The van der Waals surface area contributed by atoms with Crippen LogP contribution in [0.15, 0.2) is 24.3 Å². The maximum atomic E-state index is 14.3. The first kappa shape index (κ1) is 52.4. The topological polar surface area (TPSA) is 78.5 Å². The lowest BCUT2D eigenvalue weighted by Gasteiger charge is -2.47. The summed E-state index contributed by atoms with van der Waals surface area (Å²) in [6.45, 7) is 41.1. The molecule has 2 N–H and O–H groups in total. The minimum absolute atomic E-state index is 0.0765. The molecular weight excluding hydrogens is 691 g/mol. The van der Waals surface area contributed by atoms with E-state index in [-0.39, 0.29) is 27.8 Å². The number of unbranched alkanes of at least 4 members (excludes halogenated alkanes) is 5. The van der Waals surface area contributed by atoms with E-state index in [4.69, 9.17) is 0 Å². The Morgan fingerprint density at radius 1 is 0.536 bits per heavy atom. The first-order valence-electron chi connectivity index (χ1n) is 22.4. The number of ketones is 3. The highest BCUT2D eigenvalue weighted by Crippen LogP contribution is 2.43. The molecule has 1 unspecified atom stereocenters. The summed E-state index contributed by atoms with van der Waals surface area (Å²) in [4.78, 5) is 44.2. The van der Waals surface area contributed by atoms with Gasteiger partial charge in [0, 0.05) is 32.9 Å². The molecule has 6 heteroatoms. The van der Waals surface area contributed by atoms with Crippen LogP contribution in [0.5, 0.6) is 0 Å². The Kier molecular flexibility index (Phi) is 18.8. The van der Waals surface area contributed by atoms with E-state index in [0.29, 0.717) is 11.6 Å². The number of Topliss-reactive ketones (excluding diaryl/α,β-unsaturated/α-hetero) is 3. The Morgan fingerprint density at radius 3 is 1.43 bits per heavy atom. The zero-order valence-electron chi connectivity index (χ0n) is 40.6. The summed E-state index contributed by atoms with van der Waals surface area (Å²) in [5, 5.41) is 7.51. The molecular formula is C50H93N3O3. The largest absolute Gasteiger partial charge is 0.300 e. The number of rotatable bonds is 21. The fourth-order valence-electron chi connectivity index (χ4n) is 9.55. The van der Waals surface area contributed by atoms with Crippen LogP contribution in [-0.2, 0) is 14.4 Å². The maximum absolute atomic E-state index is 14.3. The summed E-state index contributed by atoms with van der Waals surface area (Å²) < 4.78 is 0. The Morgan fingerprint density at radius 2 is 1.00 bits per heavy atom. The van der Waals surface area contributed by atoms with Gasteiger partial charge in [-0.3, -0.25) is 19.3 Å². The highest BCUT2D eigenvalue weighted by molar-refractivity contribution is 5.94. The van der Waals surface area contributed by atoms with Crippen molar-refractivity contribution >= 4 is 17.3 Å². The summed E-state index contributed by atoms with van der Waals surface area (Å²) in [7, 11) is 0. The molecule has 0 aromatic heterocycles. The first-order valence-corrected chi connectivity index (χ1v) is 22.4. The number of likely N-dealkylation sites (tertiary alicyclic amines) is 1. The molecule has 1 aliphatic rings. The Hall–Kier alpha value is -1.63. The average molecular weight is 784 g/mol. The van der Waals surface area contributed by atoms with E-state index >= 15 is 0 Å². The van der Waals surface area contributed by atoms with E-state index in [1.807, 2.05) is 20.8 Å². The fraction of sp³-hybridized carbons (Fsp3) is 0.860. The van der Waals surface area contributed by atoms with E-state index in [1.165, 1.54) is 0 Å². The maximum Gasteiger partial charge on any atom is 0.158 e. The van der Waals surface area contributed by atoms with Gasteiger partial charge in [0.15, 0.2) is 17.3 Å². The molecule has 0 amide bonds. The van der Waals surface area contributed by atoms with Gasteiger partial charge in [0.1, 0.15) is 0 Å². The van der Waals surface area contributed by atoms with Crippen molar-refractivity contribution in [3.63, 3.8) is 0 Å². The molecule has 326 valence electrons. The molecule has 0 aliphatic carbocycles. The van der Waals surface area contributed by atoms with E-state index in [2.05, 4.69) is 151 Å². The summed E-state index contributed by atoms with van der Waals surface area (Å²) in [6.07, 6.45) is 22.2. The number of carbonyl (C=O) groups excluding carboxylic acids is 3. The molecule has 0 aromatic carbocycles. The second-order valence-electron chi connectivity index (χ2n) is 23.9. The SMILES string of the molecule is CC(C)(C)NC(CCC/C=C/CCCCC[C@](C)(NC(C)(C)C)C(=O)C(C)(C)C)(CCC/C=C/C[C@@]1(C(=O)C(C)(C)C)CCCN1C(C)(C)C)C(=O)C(C)(C)C. The van der Waals surface area contributed by atoms with Gasteiger partial charge < -0.3 is 10.6 Å². The van der Waals surface area contributed by atoms with Crippen LogP contribution in [0.1, 0.15) is 221 Å². The van der Waals surface area contributed by atoms with Crippen LogP contribution in [0, 0.1) is 16.2 Å². The van der Waals surface area contributed by atoms with Gasteiger partial charge in [0.25, 0.3) is 0 Å². The summed E-state index contributed by atoms with van der Waals surface area (Å²) in [5.41, 5.74) is -3.25. The van der Waals surface area contributed by atoms with Crippen molar-refractivity contribution in [2.45, 2.75) is 255 Å². The van der Waals surface area contributed by atoms with Crippen LogP contribution in [-0.4, -0.2) is 62.0 Å². The van der Waals surface area contributed by atoms with Gasteiger partial charge in [-0.15, -0.1) is 0 Å². The van der Waals surface area contributed by atoms with Gasteiger partial charge in [-0.2, -0.15) is 0 Å². The normalized spacial score (nSPS) is 20.5. The molecule has 0 spiro atoms. The third-order valence-corrected chi connectivity index (χ3v) is 11.3. The molecule has 1 fully saturated rings. The van der Waals surface area contributed by atoms with Crippen molar-refractivity contribution in [1.82, 2.24) is 15.5 Å². The summed E-state index contributed by atoms with van der Waals surface area (Å²) in [5.74, 6) is 0.932. The Bertz CT molecular complexity index is 1320. The third-order valence-electron chi connectivity index (χ3n) is 11.3. The minimum atomic E-state index is -0.603. The Labute approximate surface area is 348 Å². The lowest BCUT2D eigenvalue weighted by atomic mass is 9.72. The fourth-order valence-corrected chi connectivity index (χ4v) is 9.55.